The number of hydrogen-bond acceptors (Lipinski definition) is 8. The molecule has 1 fully saturated rings. The van der Waals surface area contributed by atoms with Crippen molar-refractivity contribution in [3.05, 3.63) is 71.2 Å². The van der Waals surface area contributed by atoms with Gasteiger partial charge in [-0.25, -0.2) is 19.6 Å². The van der Waals surface area contributed by atoms with E-state index in [-0.39, 0.29) is 17.9 Å². The molecule has 5 rings (SSSR count). The van der Waals surface area contributed by atoms with Gasteiger partial charge in [-0.15, -0.1) is 0 Å². The van der Waals surface area contributed by atoms with Crippen molar-refractivity contribution in [3.63, 3.8) is 0 Å². The number of amides is 1. The molecule has 1 aliphatic rings. The second kappa shape index (κ2) is 10.9. The number of pyridine rings is 1. The molecule has 11 heteroatoms. The third-order valence-electron chi connectivity index (χ3n) is 7.36. The van der Waals surface area contributed by atoms with Crippen LogP contribution in [0.5, 0.6) is 0 Å². The van der Waals surface area contributed by atoms with E-state index in [9.17, 15) is 4.79 Å². The van der Waals surface area contributed by atoms with Crippen LogP contribution in [-0.2, 0) is 9.53 Å². The quantitative estimate of drug-likeness (QED) is 0.306. The maximum absolute atomic E-state index is 13.5. The van der Waals surface area contributed by atoms with Crippen molar-refractivity contribution in [2.75, 3.05) is 12.4 Å². The fourth-order valence-electron chi connectivity index (χ4n) is 5.06. The minimum absolute atomic E-state index is 0.107. The van der Waals surface area contributed by atoms with Crippen LogP contribution in [0.15, 0.2) is 42.9 Å². The summed E-state index contributed by atoms with van der Waals surface area (Å²) in [6.07, 6.45) is 8.16. The van der Waals surface area contributed by atoms with E-state index in [1.54, 1.807) is 24.2 Å². The minimum atomic E-state index is -0.887. The Bertz CT molecular complexity index is 1440. The zero-order valence-corrected chi connectivity index (χ0v) is 23.0. The number of H-pyrrole nitrogens is 1. The normalized spacial score (nSPS) is 20.0. The fourth-order valence-corrected chi connectivity index (χ4v) is 5.06. The molecule has 3 N–H and O–H groups in total. The molecular formula is C28H35N9O2. The number of methoxy groups -OCH3 is 1. The Hall–Kier alpha value is -4.12. The van der Waals surface area contributed by atoms with Crippen LogP contribution in [0.3, 0.4) is 0 Å². The second-order valence-corrected chi connectivity index (χ2v) is 10.4. The molecule has 0 saturated heterocycles. The van der Waals surface area contributed by atoms with Crippen LogP contribution in [0, 0.1) is 20.8 Å². The van der Waals surface area contributed by atoms with Gasteiger partial charge >= 0.3 is 0 Å². The lowest BCUT2D eigenvalue weighted by molar-refractivity contribution is -0.148. The lowest BCUT2D eigenvalue weighted by Crippen LogP contribution is -2.50. The average molecular weight is 530 g/mol. The van der Waals surface area contributed by atoms with Crippen molar-refractivity contribution < 1.29 is 9.53 Å². The molecule has 0 radical (unpaired) electrons. The number of carbonyl (C=O) groups is 1. The Morgan fingerprint density at radius 3 is 2.54 bits per heavy atom. The zero-order chi connectivity index (χ0) is 27.6. The molecule has 39 heavy (non-hydrogen) atoms. The summed E-state index contributed by atoms with van der Waals surface area (Å²) in [4.78, 5) is 27.5. The lowest BCUT2D eigenvalue weighted by Gasteiger charge is -2.38. The van der Waals surface area contributed by atoms with Crippen molar-refractivity contribution in [1.29, 1.82) is 0 Å². The first-order chi connectivity index (χ1) is 18.7. The molecule has 4 aromatic heterocycles. The van der Waals surface area contributed by atoms with Crippen LogP contribution in [-0.4, -0.2) is 53.5 Å². The Labute approximate surface area is 227 Å². The summed E-state index contributed by atoms with van der Waals surface area (Å²) >= 11 is 0. The van der Waals surface area contributed by atoms with Crippen LogP contribution >= 0.6 is 0 Å². The van der Waals surface area contributed by atoms with Gasteiger partial charge in [0, 0.05) is 48.9 Å². The highest BCUT2D eigenvalue weighted by Gasteiger charge is 2.43. The van der Waals surface area contributed by atoms with Gasteiger partial charge in [-0.3, -0.25) is 9.89 Å². The number of aromatic amines is 1. The average Bonchev–Trinajstić information content (AvgIpc) is 3.55. The topological polar surface area (TPSA) is 136 Å². The first-order valence-corrected chi connectivity index (χ1v) is 13.2. The van der Waals surface area contributed by atoms with E-state index in [0.717, 1.165) is 47.0 Å². The molecule has 1 saturated carbocycles. The molecule has 4 aromatic rings. The lowest BCUT2D eigenvalue weighted by atomic mass is 9.77. The molecule has 1 aliphatic carbocycles. The Balaban J connectivity index is 1.22. The highest BCUT2D eigenvalue weighted by molar-refractivity contribution is 5.85. The molecular weight excluding hydrogens is 494 g/mol. The molecule has 0 aliphatic heterocycles. The number of aryl methyl sites for hydroxylation is 3. The summed E-state index contributed by atoms with van der Waals surface area (Å²) < 4.78 is 7.60. The van der Waals surface area contributed by atoms with Crippen molar-refractivity contribution in [1.82, 2.24) is 40.2 Å². The third kappa shape index (κ3) is 5.83. The molecule has 1 amide bonds. The summed E-state index contributed by atoms with van der Waals surface area (Å²) in [7, 11) is 1.62. The summed E-state index contributed by atoms with van der Waals surface area (Å²) in [6.45, 7) is 7.85. The summed E-state index contributed by atoms with van der Waals surface area (Å²) in [5.41, 5.74) is 2.94. The van der Waals surface area contributed by atoms with Gasteiger partial charge in [0.2, 0.25) is 0 Å². The van der Waals surface area contributed by atoms with Gasteiger partial charge in [-0.05, 0) is 70.6 Å². The van der Waals surface area contributed by atoms with Crippen molar-refractivity contribution in [2.24, 2.45) is 0 Å². The van der Waals surface area contributed by atoms with Crippen LogP contribution in [0.25, 0.3) is 5.82 Å². The number of rotatable bonds is 8. The Kier molecular flexibility index (Phi) is 7.42. The summed E-state index contributed by atoms with van der Waals surface area (Å²) in [6, 6.07) is 7.48. The molecule has 0 aromatic carbocycles. The second-order valence-electron chi connectivity index (χ2n) is 10.4. The fraction of sp³-hybridized carbons (Fsp3) is 0.429. The number of anilines is 2. The van der Waals surface area contributed by atoms with E-state index in [1.165, 1.54) is 0 Å². The smallest absolute Gasteiger partial charge is 0.252 e. The van der Waals surface area contributed by atoms with Gasteiger partial charge in [0.1, 0.15) is 17.2 Å². The third-order valence-corrected chi connectivity index (χ3v) is 7.36. The van der Waals surface area contributed by atoms with Crippen molar-refractivity contribution in [3.8, 4) is 5.82 Å². The zero-order valence-electron chi connectivity index (χ0n) is 23.0. The van der Waals surface area contributed by atoms with Gasteiger partial charge in [0.05, 0.1) is 12.2 Å². The molecule has 0 bridgehead atoms. The number of hydrogen-bond donors (Lipinski definition) is 3. The van der Waals surface area contributed by atoms with Crippen LogP contribution in [0.2, 0.25) is 0 Å². The highest BCUT2D eigenvalue weighted by atomic mass is 16.5. The van der Waals surface area contributed by atoms with E-state index in [0.29, 0.717) is 24.5 Å². The SMILES string of the molecule is CO[C@]1(C(=O)N[C@@H](C)c2ccc(-n3cc(C)cn3)nc2)CC[C@H](c2nc(C)cc(Nc3cc(C)[nH]n3)n2)CC1. The maximum atomic E-state index is 13.5. The standard InChI is InChI=1S/C28H35N9O2/c1-17-14-30-37(16-17)25-7-6-22(15-29-25)20(4)32-27(38)28(39-5)10-8-21(9-11-28)26-31-18(2)12-23(34-26)33-24-13-19(3)35-36-24/h6-7,12-16,20-21H,8-11H2,1-5H3,(H,32,38)(H2,31,33,34,35,36)/t20-,21-,28+/m0/s1. The van der Waals surface area contributed by atoms with Crippen LogP contribution < -0.4 is 10.6 Å². The number of nitrogens with one attached hydrogen (secondary N) is 3. The van der Waals surface area contributed by atoms with E-state index >= 15 is 0 Å². The maximum Gasteiger partial charge on any atom is 0.252 e. The monoisotopic (exact) mass is 529 g/mol. The largest absolute Gasteiger partial charge is 0.368 e. The highest BCUT2D eigenvalue weighted by Crippen LogP contribution is 2.39. The first-order valence-electron chi connectivity index (χ1n) is 13.2. The van der Waals surface area contributed by atoms with Gasteiger partial charge in [-0.1, -0.05) is 6.07 Å². The Morgan fingerprint density at radius 2 is 1.92 bits per heavy atom. The number of nitrogens with zero attached hydrogens (tertiary/aromatic N) is 6. The number of ether oxygens (including phenoxy) is 1. The molecule has 4 heterocycles. The van der Waals surface area contributed by atoms with Crippen LogP contribution in [0.4, 0.5) is 11.6 Å². The van der Waals surface area contributed by atoms with Gasteiger partial charge in [-0.2, -0.15) is 10.2 Å². The molecule has 1 atom stereocenters. The summed E-state index contributed by atoms with van der Waals surface area (Å²) in [5.74, 6) is 2.97. The van der Waals surface area contributed by atoms with Crippen molar-refractivity contribution >= 4 is 17.5 Å². The predicted molar refractivity (Wildman–Crippen MR) is 147 cm³/mol. The van der Waals surface area contributed by atoms with Gasteiger partial charge in [0.15, 0.2) is 11.6 Å². The molecule has 11 nitrogen and oxygen atoms in total. The number of aromatic nitrogens is 7. The van der Waals surface area contributed by atoms with E-state index in [2.05, 4.69) is 30.9 Å². The Morgan fingerprint density at radius 1 is 1.13 bits per heavy atom. The molecule has 0 unspecified atom stereocenters. The van der Waals surface area contributed by atoms with E-state index in [1.807, 2.05) is 58.2 Å². The van der Waals surface area contributed by atoms with Gasteiger partial charge < -0.3 is 15.4 Å². The van der Waals surface area contributed by atoms with E-state index in [4.69, 9.17) is 14.7 Å². The summed E-state index contributed by atoms with van der Waals surface area (Å²) in [5, 5.41) is 17.9. The minimum Gasteiger partial charge on any atom is -0.368 e. The predicted octanol–water partition coefficient (Wildman–Crippen LogP) is 4.37. The molecule has 204 valence electrons. The first kappa shape index (κ1) is 26.5. The molecule has 0 spiro atoms. The number of carbonyl (C=O) groups excluding carboxylic acids is 1. The van der Waals surface area contributed by atoms with Gasteiger partial charge in [0.25, 0.3) is 5.91 Å². The van der Waals surface area contributed by atoms with E-state index < -0.39 is 5.60 Å². The van der Waals surface area contributed by atoms with Crippen molar-refractivity contribution in [2.45, 2.75) is 70.9 Å². The van der Waals surface area contributed by atoms with Crippen LogP contribution in [0.1, 0.15) is 72.9 Å².